The van der Waals surface area contributed by atoms with Crippen molar-refractivity contribution in [3.8, 4) is 5.75 Å². The number of likely N-dealkylation sites (tertiary alicyclic amines) is 1. The molecule has 4 heteroatoms. The Labute approximate surface area is 135 Å². The Morgan fingerprint density at radius 2 is 2.09 bits per heavy atom. The van der Waals surface area contributed by atoms with Gasteiger partial charge in [-0.25, -0.2) is 0 Å². The second kappa shape index (κ2) is 8.51. The van der Waals surface area contributed by atoms with Crippen LogP contribution in [0.3, 0.4) is 0 Å². The number of benzene rings is 1. The third-order valence-electron chi connectivity index (χ3n) is 4.69. The predicted octanol–water partition coefficient (Wildman–Crippen LogP) is 2.50. The van der Waals surface area contributed by atoms with Crippen LogP contribution in [0.25, 0.3) is 0 Å². The van der Waals surface area contributed by atoms with E-state index in [0.29, 0.717) is 12.6 Å². The average molecular weight is 305 g/mol. The minimum Gasteiger partial charge on any atom is -0.494 e. The average Bonchev–Trinajstić information content (AvgIpc) is 2.54. The zero-order valence-corrected chi connectivity index (χ0v) is 14.3. The summed E-state index contributed by atoms with van der Waals surface area (Å²) in [4.78, 5) is 4.87. The molecule has 1 aromatic carbocycles. The van der Waals surface area contributed by atoms with Crippen LogP contribution in [0.4, 0.5) is 0 Å². The van der Waals surface area contributed by atoms with Gasteiger partial charge in [-0.1, -0.05) is 19.1 Å². The van der Waals surface area contributed by atoms with Crippen LogP contribution >= 0.6 is 0 Å². The summed E-state index contributed by atoms with van der Waals surface area (Å²) < 4.78 is 5.76. The molecular formula is C18H31N3O. The number of nitrogens with two attached hydrogens (primary N) is 1. The van der Waals surface area contributed by atoms with Gasteiger partial charge in [-0.15, -0.1) is 0 Å². The summed E-state index contributed by atoms with van der Waals surface area (Å²) in [5, 5.41) is 0. The third-order valence-corrected chi connectivity index (χ3v) is 4.69. The van der Waals surface area contributed by atoms with E-state index >= 15 is 0 Å². The zero-order chi connectivity index (χ0) is 15.9. The molecule has 1 atom stereocenters. The van der Waals surface area contributed by atoms with Gasteiger partial charge >= 0.3 is 0 Å². The molecule has 0 radical (unpaired) electrons. The first kappa shape index (κ1) is 17.3. The summed E-state index contributed by atoms with van der Waals surface area (Å²) in [6, 6.07) is 9.30. The Morgan fingerprint density at radius 3 is 2.73 bits per heavy atom. The van der Waals surface area contributed by atoms with Crippen LogP contribution in [0.5, 0.6) is 5.75 Å². The minimum atomic E-state index is 0.263. The van der Waals surface area contributed by atoms with Gasteiger partial charge in [-0.05, 0) is 64.1 Å². The molecule has 1 aromatic rings. The first-order chi connectivity index (χ1) is 10.7. The molecule has 0 bridgehead atoms. The standard InChI is InChI=1S/C18H31N3O/c1-4-12-22-17-7-5-6-15(13-17)18(14-19)21(3)16-8-10-20(2)11-9-16/h5-7,13,16,18H,4,8-12,14,19H2,1-3H3. The fourth-order valence-electron chi connectivity index (χ4n) is 3.23. The molecule has 1 aliphatic rings. The largest absolute Gasteiger partial charge is 0.494 e. The van der Waals surface area contributed by atoms with Crippen LogP contribution < -0.4 is 10.5 Å². The molecule has 4 nitrogen and oxygen atoms in total. The number of piperidine rings is 1. The molecule has 1 unspecified atom stereocenters. The molecule has 0 amide bonds. The van der Waals surface area contributed by atoms with E-state index in [4.69, 9.17) is 10.5 Å². The molecule has 22 heavy (non-hydrogen) atoms. The van der Waals surface area contributed by atoms with Gasteiger partial charge in [-0.3, -0.25) is 4.90 Å². The summed E-state index contributed by atoms with van der Waals surface area (Å²) in [5.41, 5.74) is 7.36. The monoisotopic (exact) mass is 305 g/mol. The lowest BCUT2D eigenvalue weighted by molar-refractivity contribution is 0.109. The molecule has 1 saturated heterocycles. The Kier molecular flexibility index (Phi) is 6.68. The van der Waals surface area contributed by atoms with Crippen molar-refractivity contribution in [2.45, 2.75) is 38.3 Å². The smallest absolute Gasteiger partial charge is 0.119 e. The molecule has 0 aliphatic carbocycles. The number of rotatable bonds is 7. The molecule has 1 aliphatic heterocycles. The normalized spacial score (nSPS) is 18.6. The maximum absolute atomic E-state index is 6.10. The number of hydrogen-bond acceptors (Lipinski definition) is 4. The lowest BCUT2D eigenvalue weighted by Crippen LogP contribution is -2.45. The maximum Gasteiger partial charge on any atom is 0.119 e. The van der Waals surface area contributed by atoms with Gasteiger partial charge in [0.05, 0.1) is 6.61 Å². The lowest BCUT2D eigenvalue weighted by Gasteiger charge is -2.39. The van der Waals surface area contributed by atoms with E-state index in [1.54, 1.807) is 0 Å². The SMILES string of the molecule is CCCOc1cccc(C(CN)N(C)C2CCN(C)CC2)c1. The summed E-state index contributed by atoms with van der Waals surface area (Å²) in [5.74, 6) is 0.953. The van der Waals surface area contributed by atoms with Gasteiger partial charge in [0.2, 0.25) is 0 Å². The Hall–Kier alpha value is -1.10. The van der Waals surface area contributed by atoms with Gasteiger partial charge in [0.15, 0.2) is 0 Å². The van der Waals surface area contributed by atoms with Crippen LogP contribution in [0.15, 0.2) is 24.3 Å². The van der Waals surface area contributed by atoms with E-state index in [1.807, 2.05) is 6.07 Å². The highest BCUT2D eigenvalue weighted by atomic mass is 16.5. The van der Waals surface area contributed by atoms with Crippen LogP contribution in [-0.2, 0) is 0 Å². The van der Waals surface area contributed by atoms with Gasteiger partial charge in [0, 0.05) is 18.6 Å². The fraction of sp³-hybridized carbons (Fsp3) is 0.667. The number of likely N-dealkylation sites (N-methyl/N-ethyl adjacent to an activating group) is 1. The van der Waals surface area contributed by atoms with Crippen molar-refractivity contribution in [3.05, 3.63) is 29.8 Å². The highest BCUT2D eigenvalue weighted by Crippen LogP contribution is 2.27. The highest BCUT2D eigenvalue weighted by Gasteiger charge is 2.26. The number of hydrogen-bond donors (Lipinski definition) is 1. The molecule has 124 valence electrons. The lowest BCUT2D eigenvalue weighted by atomic mass is 9.98. The fourth-order valence-corrected chi connectivity index (χ4v) is 3.23. The molecule has 0 saturated carbocycles. The molecule has 2 N–H and O–H groups in total. The van der Waals surface area contributed by atoms with Gasteiger partial charge in [0.25, 0.3) is 0 Å². The Balaban J connectivity index is 2.06. The summed E-state index contributed by atoms with van der Waals surface area (Å²) in [6.45, 7) is 5.87. The topological polar surface area (TPSA) is 41.7 Å². The van der Waals surface area contributed by atoms with Crippen molar-refractivity contribution in [3.63, 3.8) is 0 Å². The highest BCUT2D eigenvalue weighted by molar-refractivity contribution is 5.31. The van der Waals surface area contributed by atoms with E-state index in [0.717, 1.165) is 18.8 Å². The van der Waals surface area contributed by atoms with Crippen LogP contribution in [0.1, 0.15) is 37.8 Å². The minimum absolute atomic E-state index is 0.263. The second-order valence-corrected chi connectivity index (χ2v) is 6.37. The van der Waals surface area contributed by atoms with E-state index in [1.165, 1.54) is 31.5 Å². The van der Waals surface area contributed by atoms with E-state index in [9.17, 15) is 0 Å². The van der Waals surface area contributed by atoms with Crippen LogP contribution in [0, 0.1) is 0 Å². The number of ether oxygens (including phenoxy) is 1. The van der Waals surface area contributed by atoms with Gasteiger partial charge < -0.3 is 15.4 Å². The molecule has 1 heterocycles. The molecule has 0 aromatic heterocycles. The first-order valence-electron chi connectivity index (χ1n) is 8.49. The van der Waals surface area contributed by atoms with Crippen molar-refractivity contribution in [2.75, 3.05) is 40.3 Å². The Bertz CT molecular complexity index is 444. The predicted molar refractivity (Wildman–Crippen MR) is 92.3 cm³/mol. The van der Waals surface area contributed by atoms with Crippen LogP contribution in [0.2, 0.25) is 0 Å². The van der Waals surface area contributed by atoms with E-state index < -0.39 is 0 Å². The van der Waals surface area contributed by atoms with E-state index in [2.05, 4.69) is 49.0 Å². The summed E-state index contributed by atoms with van der Waals surface area (Å²) in [6.07, 6.45) is 3.46. The third kappa shape index (κ3) is 4.45. The van der Waals surface area contributed by atoms with Gasteiger partial charge in [0.1, 0.15) is 5.75 Å². The summed E-state index contributed by atoms with van der Waals surface area (Å²) >= 11 is 0. The van der Waals surface area contributed by atoms with Crippen molar-refractivity contribution in [2.24, 2.45) is 5.73 Å². The summed E-state index contributed by atoms with van der Waals surface area (Å²) in [7, 11) is 4.41. The van der Waals surface area contributed by atoms with Crippen LogP contribution in [-0.4, -0.2) is 56.2 Å². The van der Waals surface area contributed by atoms with Crippen molar-refractivity contribution in [1.29, 1.82) is 0 Å². The molecular weight excluding hydrogens is 274 g/mol. The maximum atomic E-state index is 6.10. The molecule has 1 fully saturated rings. The first-order valence-corrected chi connectivity index (χ1v) is 8.49. The quantitative estimate of drug-likeness (QED) is 0.840. The number of nitrogens with zero attached hydrogens (tertiary/aromatic N) is 2. The Morgan fingerprint density at radius 1 is 1.36 bits per heavy atom. The van der Waals surface area contributed by atoms with E-state index in [-0.39, 0.29) is 6.04 Å². The second-order valence-electron chi connectivity index (χ2n) is 6.37. The van der Waals surface area contributed by atoms with Crippen molar-refractivity contribution < 1.29 is 4.74 Å². The van der Waals surface area contributed by atoms with Crippen molar-refractivity contribution >= 4 is 0 Å². The zero-order valence-electron chi connectivity index (χ0n) is 14.3. The van der Waals surface area contributed by atoms with Gasteiger partial charge in [-0.2, -0.15) is 0 Å². The molecule has 0 spiro atoms. The molecule has 2 rings (SSSR count). The van der Waals surface area contributed by atoms with Crippen molar-refractivity contribution in [1.82, 2.24) is 9.80 Å².